The zero-order valence-corrected chi connectivity index (χ0v) is 14.0. The standard InChI is InChI=1S/C16H10BrNOS.ClH/c17-16-6-5-15(20-16)14(19)4-2-11-1-3-13-10-18-8-7-12(13)9-11;/h1-10H;1H/b4-2+;. The summed E-state index contributed by atoms with van der Waals surface area (Å²) in [4.78, 5) is 16.8. The Bertz CT molecular complexity index is 813. The molecule has 0 N–H and O–H groups in total. The van der Waals surface area contributed by atoms with Gasteiger partial charge in [0.2, 0.25) is 0 Å². The van der Waals surface area contributed by atoms with Gasteiger partial charge < -0.3 is 0 Å². The number of fused-ring (bicyclic) bond motifs is 1. The van der Waals surface area contributed by atoms with E-state index >= 15 is 0 Å². The van der Waals surface area contributed by atoms with Crippen LogP contribution < -0.4 is 0 Å². The summed E-state index contributed by atoms with van der Waals surface area (Å²) in [5, 5.41) is 2.21. The van der Waals surface area contributed by atoms with Crippen LogP contribution in [-0.2, 0) is 0 Å². The highest BCUT2D eigenvalue weighted by molar-refractivity contribution is 9.11. The number of nitrogens with zero attached hydrogens (tertiary/aromatic N) is 1. The van der Waals surface area contributed by atoms with E-state index in [4.69, 9.17) is 0 Å². The predicted molar refractivity (Wildman–Crippen MR) is 94.4 cm³/mol. The van der Waals surface area contributed by atoms with Crippen LogP contribution in [-0.4, -0.2) is 10.8 Å². The third kappa shape index (κ3) is 3.79. The summed E-state index contributed by atoms with van der Waals surface area (Å²) in [5.74, 6) is 0.0236. The lowest BCUT2D eigenvalue weighted by atomic mass is 10.1. The van der Waals surface area contributed by atoms with Crippen LogP contribution in [0.2, 0.25) is 0 Å². The molecule has 1 aromatic carbocycles. The summed E-state index contributed by atoms with van der Waals surface area (Å²) in [6, 6.07) is 11.7. The average Bonchev–Trinajstić information content (AvgIpc) is 2.91. The third-order valence-electron chi connectivity index (χ3n) is 2.91. The van der Waals surface area contributed by atoms with Gasteiger partial charge in [-0.2, -0.15) is 0 Å². The topological polar surface area (TPSA) is 30.0 Å². The molecule has 0 radical (unpaired) electrons. The Morgan fingerprint density at radius 1 is 1.14 bits per heavy atom. The Morgan fingerprint density at radius 3 is 2.76 bits per heavy atom. The quantitative estimate of drug-likeness (QED) is 0.451. The SMILES string of the molecule is Cl.O=C(/C=C/c1ccc2cnccc2c1)c1ccc(Br)s1. The molecule has 5 heteroatoms. The molecule has 0 aliphatic carbocycles. The number of rotatable bonds is 3. The van der Waals surface area contributed by atoms with E-state index in [1.165, 1.54) is 11.3 Å². The molecule has 3 rings (SSSR count). The predicted octanol–water partition coefficient (Wildman–Crippen LogP) is 5.38. The Kier molecular flexibility index (Phi) is 5.28. The van der Waals surface area contributed by atoms with Crippen molar-refractivity contribution in [1.82, 2.24) is 4.98 Å². The Hall–Kier alpha value is -1.49. The number of carbonyl (C=O) groups excluding carboxylic acids is 1. The van der Waals surface area contributed by atoms with E-state index in [9.17, 15) is 4.79 Å². The third-order valence-corrected chi connectivity index (χ3v) is 4.55. The van der Waals surface area contributed by atoms with Crippen LogP contribution in [0.15, 0.2) is 58.7 Å². The van der Waals surface area contributed by atoms with Crippen molar-refractivity contribution in [2.75, 3.05) is 0 Å². The fraction of sp³-hybridized carbons (Fsp3) is 0. The monoisotopic (exact) mass is 379 g/mol. The van der Waals surface area contributed by atoms with E-state index in [1.807, 2.05) is 48.7 Å². The highest BCUT2D eigenvalue weighted by Gasteiger charge is 2.04. The minimum atomic E-state index is 0. The number of carbonyl (C=O) groups is 1. The molecule has 0 saturated carbocycles. The van der Waals surface area contributed by atoms with E-state index in [-0.39, 0.29) is 18.2 Å². The number of aromatic nitrogens is 1. The maximum Gasteiger partial charge on any atom is 0.195 e. The van der Waals surface area contributed by atoms with Crippen molar-refractivity contribution < 1.29 is 4.79 Å². The van der Waals surface area contributed by atoms with Crippen molar-refractivity contribution in [2.24, 2.45) is 0 Å². The summed E-state index contributed by atoms with van der Waals surface area (Å²) in [7, 11) is 0. The van der Waals surface area contributed by atoms with Gasteiger partial charge in [0.15, 0.2) is 5.78 Å². The molecule has 0 atom stereocenters. The van der Waals surface area contributed by atoms with Crippen LogP contribution in [0.3, 0.4) is 0 Å². The molecule has 2 heterocycles. The number of halogens is 2. The first-order valence-electron chi connectivity index (χ1n) is 6.04. The number of hydrogen-bond acceptors (Lipinski definition) is 3. The second kappa shape index (κ2) is 6.98. The summed E-state index contributed by atoms with van der Waals surface area (Å²) in [6.45, 7) is 0. The molecular formula is C16H11BrClNOS. The van der Waals surface area contributed by atoms with Gasteiger partial charge >= 0.3 is 0 Å². The van der Waals surface area contributed by atoms with Crippen molar-refractivity contribution in [3.63, 3.8) is 0 Å². The van der Waals surface area contributed by atoms with Crippen molar-refractivity contribution in [3.8, 4) is 0 Å². The van der Waals surface area contributed by atoms with E-state index in [1.54, 1.807) is 12.3 Å². The number of pyridine rings is 1. The molecule has 0 unspecified atom stereocenters. The normalized spacial score (nSPS) is 10.7. The highest BCUT2D eigenvalue weighted by Crippen LogP contribution is 2.23. The van der Waals surface area contributed by atoms with Gasteiger partial charge in [0.1, 0.15) is 0 Å². The summed E-state index contributed by atoms with van der Waals surface area (Å²) in [5.41, 5.74) is 1.01. The minimum Gasteiger partial charge on any atom is -0.288 e. The lowest BCUT2D eigenvalue weighted by Gasteiger charge is -1.98. The van der Waals surface area contributed by atoms with Gasteiger partial charge in [-0.25, -0.2) is 0 Å². The Balaban J connectivity index is 0.00000161. The van der Waals surface area contributed by atoms with Crippen LogP contribution >= 0.6 is 39.7 Å². The first-order chi connectivity index (χ1) is 9.72. The van der Waals surface area contributed by atoms with E-state index in [0.717, 1.165) is 25.0 Å². The summed E-state index contributed by atoms with van der Waals surface area (Å²) >= 11 is 4.80. The van der Waals surface area contributed by atoms with Gasteiger partial charge in [-0.3, -0.25) is 9.78 Å². The van der Waals surface area contributed by atoms with Crippen LogP contribution in [0.25, 0.3) is 16.8 Å². The molecular weight excluding hydrogens is 370 g/mol. The first-order valence-corrected chi connectivity index (χ1v) is 7.65. The molecule has 0 aliphatic heterocycles. The van der Waals surface area contributed by atoms with Gasteiger partial charge in [-0.05, 0) is 57.2 Å². The van der Waals surface area contributed by atoms with Gasteiger partial charge in [0, 0.05) is 17.8 Å². The number of thiophene rings is 1. The van der Waals surface area contributed by atoms with Crippen LogP contribution in [0.4, 0.5) is 0 Å². The lowest BCUT2D eigenvalue weighted by molar-refractivity contribution is 0.105. The molecule has 106 valence electrons. The average molecular weight is 381 g/mol. The van der Waals surface area contributed by atoms with Crippen LogP contribution in [0.5, 0.6) is 0 Å². The molecule has 3 aromatic rings. The lowest BCUT2D eigenvalue weighted by Crippen LogP contribution is -1.88. The largest absolute Gasteiger partial charge is 0.288 e. The zero-order valence-electron chi connectivity index (χ0n) is 10.8. The molecule has 0 amide bonds. The van der Waals surface area contributed by atoms with Crippen LogP contribution in [0, 0.1) is 0 Å². The highest BCUT2D eigenvalue weighted by atomic mass is 79.9. The number of hydrogen-bond donors (Lipinski definition) is 0. The van der Waals surface area contributed by atoms with Crippen molar-refractivity contribution in [1.29, 1.82) is 0 Å². The van der Waals surface area contributed by atoms with Crippen molar-refractivity contribution >= 4 is 62.3 Å². The maximum absolute atomic E-state index is 12.0. The van der Waals surface area contributed by atoms with Crippen molar-refractivity contribution in [2.45, 2.75) is 0 Å². The van der Waals surface area contributed by atoms with E-state index in [2.05, 4.69) is 20.9 Å². The van der Waals surface area contributed by atoms with Gasteiger partial charge in [0.25, 0.3) is 0 Å². The van der Waals surface area contributed by atoms with E-state index in [0.29, 0.717) is 0 Å². The maximum atomic E-state index is 12.0. The molecule has 2 aromatic heterocycles. The second-order valence-corrected chi connectivity index (χ2v) is 6.75. The van der Waals surface area contributed by atoms with Crippen LogP contribution in [0.1, 0.15) is 15.2 Å². The smallest absolute Gasteiger partial charge is 0.195 e. The Labute approximate surface area is 141 Å². The van der Waals surface area contributed by atoms with Gasteiger partial charge in [-0.15, -0.1) is 23.7 Å². The summed E-state index contributed by atoms with van der Waals surface area (Å²) < 4.78 is 0.965. The zero-order chi connectivity index (χ0) is 13.9. The molecule has 0 bridgehead atoms. The number of ketones is 1. The second-order valence-electron chi connectivity index (χ2n) is 4.28. The fourth-order valence-electron chi connectivity index (χ4n) is 1.91. The fourth-order valence-corrected chi connectivity index (χ4v) is 3.21. The minimum absolute atomic E-state index is 0. The van der Waals surface area contributed by atoms with Crippen molar-refractivity contribution in [3.05, 3.63) is 69.1 Å². The van der Waals surface area contributed by atoms with Gasteiger partial charge in [-0.1, -0.05) is 18.2 Å². The molecule has 0 spiro atoms. The number of allylic oxidation sites excluding steroid dienone is 1. The van der Waals surface area contributed by atoms with E-state index < -0.39 is 0 Å². The molecule has 0 fully saturated rings. The van der Waals surface area contributed by atoms with Gasteiger partial charge in [0.05, 0.1) is 8.66 Å². The number of benzene rings is 1. The first kappa shape index (κ1) is 15.9. The molecule has 21 heavy (non-hydrogen) atoms. The molecule has 2 nitrogen and oxygen atoms in total. The Morgan fingerprint density at radius 2 is 2.00 bits per heavy atom. The summed E-state index contributed by atoms with van der Waals surface area (Å²) in [6.07, 6.45) is 7.05. The molecule has 0 saturated heterocycles. The molecule has 0 aliphatic rings.